The summed E-state index contributed by atoms with van der Waals surface area (Å²) in [5.74, 6) is -2.72. The Hall–Kier alpha value is -1.43. The van der Waals surface area contributed by atoms with Crippen molar-refractivity contribution >= 4 is 27.8 Å². The average Bonchev–Trinajstić information content (AvgIpc) is 2.76. The topological polar surface area (TPSA) is 66.4 Å². The van der Waals surface area contributed by atoms with E-state index in [9.17, 15) is 14.0 Å². The summed E-state index contributed by atoms with van der Waals surface area (Å²) in [7, 11) is 0. The lowest BCUT2D eigenvalue weighted by atomic mass is 10.0. The van der Waals surface area contributed by atoms with Gasteiger partial charge < -0.3 is 10.4 Å². The van der Waals surface area contributed by atoms with Crippen LogP contribution in [-0.2, 0) is 4.79 Å². The Morgan fingerprint density at radius 2 is 2.11 bits per heavy atom. The van der Waals surface area contributed by atoms with Gasteiger partial charge in [-0.2, -0.15) is 0 Å². The lowest BCUT2D eigenvalue weighted by Crippen LogP contribution is -2.40. The maximum atomic E-state index is 13.6. The van der Waals surface area contributed by atoms with Gasteiger partial charge in [0.1, 0.15) is 5.82 Å². The highest BCUT2D eigenvalue weighted by Crippen LogP contribution is 2.27. The van der Waals surface area contributed by atoms with Crippen LogP contribution in [0.25, 0.3) is 0 Å². The zero-order valence-corrected chi connectivity index (χ0v) is 11.6. The Labute approximate surface area is 118 Å². The number of nitrogens with one attached hydrogen (secondary N) is 1. The third-order valence-corrected chi connectivity index (χ3v) is 4.00. The van der Waals surface area contributed by atoms with E-state index >= 15 is 0 Å². The monoisotopic (exact) mass is 329 g/mol. The van der Waals surface area contributed by atoms with Gasteiger partial charge in [0.25, 0.3) is 5.91 Å². The minimum atomic E-state index is -0.921. The third kappa shape index (κ3) is 2.94. The van der Waals surface area contributed by atoms with Crippen LogP contribution in [0.4, 0.5) is 4.39 Å². The number of amides is 1. The standard InChI is InChI=1S/C13H13BrFNO3/c14-8-4-2-5-9(15)11(8)12(17)16-10-6-1-3-7(10)13(18)19/h2,4-5,7,10H,1,3,6H2,(H,16,17)(H,18,19). The van der Waals surface area contributed by atoms with E-state index in [1.54, 1.807) is 6.07 Å². The molecule has 0 saturated heterocycles. The number of carbonyl (C=O) groups is 2. The molecule has 4 nitrogen and oxygen atoms in total. The van der Waals surface area contributed by atoms with E-state index in [1.165, 1.54) is 12.1 Å². The van der Waals surface area contributed by atoms with E-state index < -0.39 is 29.7 Å². The van der Waals surface area contributed by atoms with Crippen molar-refractivity contribution in [2.45, 2.75) is 25.3 Å². The zero-order chi connectivity index (χ0) is 14.0. The molecule has 0 aromatic heterocycles. The third-order valence-electron chi connectivity index (χ3n) is 3.34. The number of carboxylic acid groups (broad SMARTS) is 1. The van der Waals surface area contributed by atoms with E-state index in [2.05, 4.69) is 21.2 Å². The van der Waals surface area contributed by atoms with Crippen molar-refractivity contribution < 1.29 is 19.1 Å². The van der Waals surface area contributed by atoms with Crippen molar-refractivity contribution in [3.63, 3.8) is 0 Å². The van der Waals surface area contributed by atoms with Crippen molar-refractivity contribution in [2.24, 2.45) is 5.92 Å². The fourth-order valence-electron chi connectivity index (χ4n) is 2.38. The molecule has 1 aromatic rings. The number of carbonyl (C=O) groups excluding carboxylic acids is 1. The first-order valence-electron chi connectivity index (χ1n) is 5.98. The van der Waals surface area contributed by atoms with Crippen molar-refractivity contribution in [2.75, 3.05) is 0 Å². The number of halogens is 2. The minimum Gasteiger partial charge on any atom is -0.481 e. The number of aliphatic carboxylic acids is 1. The van der Waals surface area contributed by atoms with Gasteiger partial charge in [-0.15, -0.1) is 0 Å². The Morgan fingerprint density at radius 1 is 1.37 bits per heavy atom. The molecule has 1 aliphatic rings. The maximum absolute atomic E-state index is 13.6. The molecule has 0 aliphatic heterocycles. The molecule has 2 rings (SSSR count). The summed E-state index contributed by atoms with van der Waals surface area (Å²) in [5, 5.41) is 11.7. The Kier molecular flexibility index (Phi) is 4.19. The molecule has 0 radical (unpaired) electrons. The highest BCUT2D eigenvalue weighted by molar-refractivity contribution is 9.10. The molecule has 1 aliphatic carbocycles. The molecule has 1 fully saturated rings. The van der Waals surface area contributed by atoms with Crippen LogP contribution in [0.3, 0.4) is 0 Å². The molecule has 6 heteroatoms. The number of hydrogen-bond acceptors (Lipinski definition) is 2. The van der Waals surface area contributed by atoms with Gasteiger partial charge in [-0.05, 0) is 40.9 Å². The number of hydrogen-bond donors (Lipinski definition) is 2. The second-order valence-electron chi connectivity index (χ2n) is 4.55. The van der Waals surface area contributed by atoms with Crippen molar-refractivity contribution in [1.29, 1.82) is 0 Å². The molecule has 0 heterocycles. The summed E-state index contributed by atoms with van der Waals surface area (Å²) in [6.45, 7) is 0. The van der Waals surface area contributed by atoms with Crippen LogP contribution in [0, 0.1) is 11.7 Å². The van der Waals surface area contributed by atoms with Gasteiger partial charge in [-0.25, -0.2) is 4.39 Å². The fraction of sp³-hybridized carbons (Fsp3) is 0.385. The van der Waals surface area contributed by atoms with Gasteiger partial charge in [0.2, 0.25) is 0 Å². The van der Waals surface area contributed by atoms with Crippen LogP contribution < -0.4 is 5.32 Å². The van der Waals surface area contributed by atoms with Crippen LogP contribution in [-0.4, -0.2) is 23.0 Å². The molecule has 2 unspecified atom stereocenters. The number of benzene rings is 1. The lowest BCUT2D eigenvalue weighted by Gasteiger charge is -2.18. The molecule has 1 saturated carbocycles. The Morgan fingerprint density at radius 3 is 2.74 bits per heavy atom. The molecule has 102 valence electrons. The predicted octanol–water partition coefficient (Wildman–Crippen LogP) is 2.57. The molecule has 0 bridgehead atoms. The normalized spacial score (nSPS) is 22.2. The summed E-state index contributed by atoms with van der Waals surface area (Å²) >= 11 is 3.12. The summed E-state index contributed by atoms with van der Waals surface area (Å²) < 4.78 is 14.0. The van der Waals surface area contributed by atoms with Gasteiger partial charge in [0, 0.05) is 10.5 Å². The first kappa shape index (κ1) is 14.0. The Bertz CT molecular complexity index is 500. The number of carboxylic acids is 1. The minimum absolute atomic E-state index is 0.0847. The van der Waals surface area contributed by atoms with Gasteiger partial charge in [0.05, 0.1) is 11.5 Å². The predicted molar refractivity (Wildman–Crippen MR) is 70.3 cm³/mol. The van der Waals surface area contributed by atoms with Gasteiger partial charge in [-0.1, -0.05) is 12.5 Å². The highest BCUT2D eigenvalue weighted by Gasteiger charge is 2.34. The lowest BCUT2D eigenvalue weighted by molar-refractivity contribution is -0.142. The van der Waals surface area contributed by atoms with Crippen molar-refractivity contribution in [1.82, 2.24) is 5.32 Å². The van der Waals surface area contributed by atoms with Crippen molar-refractivity contribution in [3.8, 4) is 0 Å². The molecule has 2 N–H and O–H groups in total. The van der Waals surface area contributed by atoms with Gasteiger partial charge >= 0.3 is 5.97 Å². The van der Waals surface area contributed by atoms with E-state index in [-0.39, 0.29) is 5.56 Å². The molecule has 2 atom stereocenters. The summed E-state index contributed by atoms with van der Waals surface area (Å²) in [6, 6.07) is 3.83. The summed E-state index contributed by atoms with van der Waals surface area (Å²) in [4.78, 5) is 23.1. The van der Waals surface area contributed by atoms with E-state index in [1.807, 2.05) is 0 Å². The second kappa shape index (κ2) is 5.69. The zero-order valence-electron chi connectivity index (χ0n) is 10.0. The number of rotatable bonds is 3. The van der Waals surface area contributed by atoms with E-state index in [4.69, 9.17) is 5.11 Å². The maximum Gasteiger partial charge on any atom is 0.308 e. The Balaban J connectivity index is 2.15. The van der Waals surface area contributed by atoms with Gasteiger partial charge in [-0.3, -0.25) is 9.59 Å². The van der Waals surface area contributed by atoms with Crippen LogP contribution in [0.5, 0.6) is 0 Å². The summed E-state index contributed by atoms with van der Waals surface area (Å²) in [5.41, 5.74) is -0.0847. The highest BCUT2D eigenvalue weighted by atomic mass is 79.9. The molecular formula is C13H13BrFNO3. The van der Waals surface area contributed by atoms with Crippen LogP contribution >= 0.6 is 15.9 Å². The molecule has 1 aromatic carbocycles. The molecule has 0 spiro atoms. The second-order valence-corrected chi connectivity index (χ2v) is 5.41. The largest absolute Gasteiger partial charge is 0.481 e. The molecule has 1 amide bonds. The molecule has 19 heavy (non-hydrogen) atoms. The molecular weight excluding hydrogens is 317 g/mol. The van der Waals surface area contributed by atoms with E-state index in [0.717, 1.165) is 6.42 Å². The van der Waals surface area contributed by atoms with Crippen LogP contribution in [0.15, 0.2) is 22.7 Å². The quantitative estimate of drug-likeness (QED) is 0.895. The summed E-state index contributed by atoms with van der Waals surface area (Å²) in [6.07, 6.45) is 1.90. The van der Waals surface area contributed by atoms with Crippen LogP contribution in [0.1, 0.15) is 29.6 Å². The smallest absolute Gasteiger partial charge is 0.308 e. The SMILES string of the molecule is O=C(NC1CCCC1C(=O)O)c1c(F)cccc1Br. The first-order valence-corrected chi connectivity index (χ1v) is 6.77. The van der Waals surface area contributed by atoms with Crippen molar-refractivity contribution in [3.05, 3.63) is 34.1 Å². The van der Waals surface area contributed by atoms with Crippen LogP contribution in [0.2, 0.25) is 0 Å². The van der Waals surface area contributed by atoms with Gasteiger partial charge in [0.15, 0.2) is 0 Å². The van der Waals surface area contributed by atoms with E-state index in [0.29, 0.717) is 17.3 Å². The fourth-order valence-corrected chi connectivity index (χ4v) is 2.91. The first-order chi connectivity index (χ1) is 9.00. The average molecular weight is 330 g/mol.